The molecule has 9 heteroatoms. The normalized spacial score (nSPS) is 16.7. The molecule has 1 aliphatic heterocycles. The van der Waals surface area contributed by atoms with Crippen molar-refractivity contribution in [3.05, 3.63) is 30.2 Å². The van der Waals surface area contributed by atoms with Crippen molar-refractivity contribution < 1.29 is 26.9 Å². The van der Waals surface area contributed by atoms with Crippen LogP contribution in [0.25, 0.3) is 11.5 Å². The fourth-order valence-electron chi connectivity index (χ4n) is 2.44. The molecule has 0 unspecified atom stereocenters. The summed E-state index contributed by atoms with van der Waals surface area (Å²) in [6.45, 7) is -0.167. The van der Waals surface area contributed by atoms with Crippen molar-refractivity contribution in [3.63, 3.8) is 0 Å². The fourth-order valence-corrected chi connectivity index (χ4v) is 2.44. The second kappa shape index (κ2) is 6.07. The molecule has 124 valence electrons. The van der Waals surface area contributed by atoms with E-state index in [9.17, 15) is 18.0 Å². The van der Waals surface area contributed by atoms with Crippen LogP contribution in [0.3, 0.4) is 0 Å². The number of aromatic nitrogens is 1. The molecule has 0 bridgehead atoms. The third kappa shape index (κ3) is 3.73. The van der Waals surface area contributed by atoms with Gasteiger partial charge in [-0.25, -0.2) is 0 Å². The van der Waals surface area contributed by atoms with Crippen LogP contribution in [-0.2, 0) is 0 Å². The number of carbonyl (C=O) groups excluding carboxylic acids is 1. The van der Waals surface area contributed by atoms with Gasteiger partial charge in [-0.3, -0.25) is 9.69 Å². The summed E-state index contributed by atoms with van der Waals surface area (Å²) < 4.78 is 47.2. The van der Waals surface area contributed by atoms with E-state index in [2.05, 4.69) is 5.16 Å². The van der Waals surface area contributed by atoms with E-state index in [-0.39, 0.29) is 37.8 Å². The van der Waals surface area contributed by atoms with E-state index in [1.807, 2.05) is 0 Å². The molecular formula is C14H14F3N3O3. The van der Waals surface area contributed by atoms with Crippen molar-refractivity contribution in [2.24, 2.45) is 0 Å². The Labute approximate surface area is 129 Å². The Morgan fingerprint density at radius 1 is 1.22 bits per heavy atom. The molecule has 0 radical (unpaired) electrons. The highest BCUT2D eigenvalue weighted by Crippen LogP contribution is 2.22. The minimum absolute atomic E-state index is 0.112. The molecule has 0 N–H and O–H groups in total. The number of halogens is 3. The van der Waals surface area contributed by atoms with Crippen LogP contribution in [0.15, 0.2) is 33.4 Å². The monoisotopic (exact) mass is 329 g/mol. The molecule has 6 nitrogen and oxygen atoms in total. The fraction of sp³-hybridized carbons (Fsp3) is 0.429. The van der Waals surface area contributed by atoms with E-state index in [4.69, 9.17) is 8.94 Å². The molecule has 2 aromatic heterocycles. The van der Waals surface area contributed by atoms with Gasteiger partial charge in [0.15, 0.2) is 11.5 Å². The molecule has 1 saturated heterocycles. The Kier molecular flexibility index (Phi) is 4.12. The number of nitrogens with zero attached hydrogens (tertiary/aromatic N) is 3. The second-order valence-electron chi connectivity index (χ2n) is 5.24. The molecule has 0 aliphatic carbocycles. The van der Waals surface area contributed by atoms with Crippen molar-refractivity contribution in [1.82, 2.24) is 15.0 Å². The summed E-state index contributed by atoms with van der Waals surface area (Å²) in [6.07, 6.45) is -2.75. The lowest BCUT2D eigenvalue weighted by molar-refractivity contribution is -0.148. The smallest absolute Gasteiger partial charge is 0.401 e. The van der Waals surface area contributed by atoms with Crippen LogP contribution < -0.4 is 0 Å². The molecule has 0 saturated carbocycles. The average molecular weight is 329 g/mol. The van der Waals surface area contributed by atoms with E-state index < -0.39 is 12.7 Å². The van der Waals surface area contributed by atoms with E-state index >= 15 is 0 Å². The maximum absolute atomic E-state index is 12.3. The molecule has 1 fully saturated rings. The van der Waals surface area contributed by atoms with Gasteiger partial charge in [0.2, 0.25) is 5.76 Å². The van der Waals surface area contributed by atoms with Crippen LogP contribution in [0.5, 0.6) is 0 Å². The number of hydrogen-bond acceptors (Lipinski definition) is 5. The van der Waals surface area contributed by atoms with Gasteiger partial charge < -0.3 is 13.8 Å². The van der Waals surface area contributed by atoms with Gasteiger partial charge in [0.25, 0.3) is 5.91 Å². The van der Waals surface area contributed by atoms with E-state index in [0.717, 1.165) is 0 Å². The van der Waals surface area contributed by atoms with Crippen molar-refractivity contribution in [2.45, 2.75) is 6.18 Å². The van der Waals surface area contributed by atoms with Gasteiger partial charge in [0.05, 0.1) is 12.8 Å². The largest absolute Gasteiger partial charge is 0.461 e. The van der Waals surface area contributed by atoms with Crippen LogP contribution in [0, 0.1) is 0 Å². The SMILES string of the molecule is O=C(c1cc(-c2ccco2)on1)N1CCN(CC(F)(F)F)CC1. The lowest BCUT2D eigenvalue weighted by Gasteiger charge is -2.34. The van der Waals surface area contributed by atoms with Gasteiger partial charge >= 0.3 is 6.18 Å². The summed E-state index contributed by atoms with van der Waals surface area (Å²) in [5.41, 5.74) is 0.112. The summed E-state index contributed by atoms with van der Waals surface area (Å²) in [6, 6.07) is 4.81. The second-order valence-corrected chi connectivity index (χ2v) is 5.24. The van der Waals surface area contributed by atoms with Crippen molar-refractivity contribution in [1.29, 1.82) is 0 Å². The van der Waals surface area contributed by atoms with Crippen LogP contribution in [-0.4, -0.2) is 59.8 Å². The van der Waals surface area contributed by atoms with Gasteiger partial charge in [-0.05, 0) is 12.1 Å². The highest BCUT2D eigenvalue weighted by molar-refractivity contribution is 5.93. The zero-order valence-corrected chi connectivity index (χ0v) is 12.0. The predicted molar refractivity (Wildman–Crippen MR) is 72.6 cm³/mol. The van der Waals surface area contributed by atoms with Gasteiger partial charge in [-0.1, -0.05) is 5.16 Å². The van der Waals surface area contributed by atoms with E-state index in [0.29, 0.717) is 11.5 Å². The predicted octanol–water partition coefficient (Wildman–Crippen LogP) is 2.25. The minimum Gasteiger partial charge on any atom is -0.461 e. The summed E-state index contributed by atoms with van der Waals surface area (Å²) in [5, 5.41) is 3.71. The average Bonchev–Trinajstić information content (AvgIpc) is 3.17. The topological polar surface area (TPSA) is 62.7 Å². The van der Waals surface area contributed by atoms with Crippen molar-refractivity contribution in [3.8, 4) is 11.5 Å². The molecule has 0 atom stereocenters. The summed E-state index contributed by atoms with van der Waals surface area (Å²) >= 11 is 0. The number of alkyl halides is 3. The van der Waals surface area contributed by atoms with Crippen molar-refractivity contribution in [2.75, 3.05) is 32.7 Å². The summed E-state index contributed by atoms with van der Waals surface area (Å²) in [5.74, 6) is 0.416. The Hall–Kier alpha value is -2.29. The zero-order valence-electron chi connectivity index (χ0n) is 12.0. The number of carbonyl (C=O) groups is 1. The summed E-state index contributed by atoms with van der Waals surface area (Å²) in [7, 11) is 0. The highest BCUT2D eigenvalue weighted by atomic mass is 19.4. The first-order chi connectivity index (χ1) is 10.9. The number of piperazine rings is 1. The lowest BCUT2D eigenvalue weighted by Crippen LogP contribution is -2.51. The molecule has 23 heavy (non-hydrogen) atoms. The summed E-state index contributed by atoms with van der Waals surface area (Å²) in [4.78, 5) is 15.1. The zero-order chi connectivity index (χ0) is 16.4. The van der Waals surface area contributed by atoms with E-state index in [1.165, 1.54) is 22.1 Å². The van der Waals surface area contributed by atoms with Crippen LogP contribution in [0.4, 0.5) is 13.2 Å². The van der Waals surface area contributed by atoms with Gasteiger partial charge in [-0.2, -0.15) is 13.2 Å². The van der Waals surface area contributed by atoms with Crippen molar-refractivity contribution >= 4 is 5.91 Å². The molecular weight excluding hydrogens is 315 g/mol. The molecule has 1 amide bonds. The number of hydrogen-bond donors (Lipinski definition) is 0. The number of amides is 1. The van der Waals surface area contributed by atoms with Gasteiger partial charge in [0, 0.05) is 32.2 Å². The molecule has 3 heterocycles. The standard InChI is InChI=1S/C14H14F3N3O3/c15-14(16,17)9-19-3-5-20(6-4-19)13(21)10-8-12(23-18-10)11-2-1-7-22-11/h1-2,7-8H,3-6,9H2. The Morgan fingerprint density at radius 2 is 1.96 bits per heavy atom. The molecule has 2 aromatic rings. The maximum Gasteiger partial charge on any atom is 0.401 e. The molecule has 0 aromatic carbocycles. The molecule has 1 aliphatic rings. The van der Waals surface area contributed by atoms with Crippen LogP contribution in [0.2, 0.25) is 0 Å². The highest BCUT2D eigenvalue weighted by Gasteiger charge is 2.33. The maximum atomic E-state index is 12.3. The minimum atomic E-state index is -4.23. The Balaban J connectivity index is 1.60. The van der Waals surface area contributed by atoms with Crippen LogP contribution >= 0.6 is 0 Å². The Morgan fingerprint density at radius 3 is 2.57 bits per heavy atom. The first-order valence-electron chi connectivity index (χ1n) is 7.01. The first kappa shape index (κ1) is 15.6. The van der Waals surface area contributed by atoms with Gasteiger partial charge in [-0.15, -0.1) is 0 Å². The Bertz CT molecular complexity index is 658. The first-order valence-corrected chi connectivity index (χ1v) is 7.01. The number of furan rings is 1. The number of rotatable bonds is 3. The third-order valence-corrected chi connectivity index (χ3v) is 3.56. The quantitative estimate of drug-likeness (QED) is 0.864. The third-order valence-electron chi connectivity index (χ3n) is 3.56. The molecule has 0 spiro atoms. The van der Waals surface area contributed by atoms with Crippen LogP contribution in [0.1, 0.15) is 10.5 Å². The lowest BCUT2D eigenvalue weighted by atomic mass is 10.2. The van der Waals surface area contributed by atoms with Gasteiger partial charge in [0.1, 0.15) is 0 Å². The van der Waals surface area contributed by atoms with E-state index in [1.54, 1.807) is 12.1 Å². The molecule has 3 rings (SSSR count).